The summed E-state index contributed by atoms with van der Waals surface area (Å²) in [4.78, 5) is 23.5. The Hall–Kier alpha value is -3.81. The molecular weight excluding hydrogens is 372 g/mol. The average molecular weight is 392 g/mol. The molecule has 0 saturated carbocycles. The molecule has 0 aliphatic rings. The number of benzene rings is 2. The number of fused-ring (bicyclic) bond motifs is 3. The number of alkyl carbamates (subject to hydrolysis) is 1. The SMILES string of the molecule is C[C@@H](CNC(=O)OCc1ccccc1)n1ncc2ccc3oc(C(N)=O)cc3c21. The van der Waals surface area contributed by atoms with Crippen molar-refractivity contribution in [3.63, 3.8) is 0 Å². The van der Waals surface area contributed by atoms with Gasteiger partial charge in [0.15, 0.2) is 5.76 Å². The minimum Gasteiger partial charge on any atom is -0.451 e. The molecule has 148 valence electrons. The molecule has 0 bridgehead atoms. The maximum atomic E-state index is 12.0. The zero-order valence-corrected chi connectivity index (χ0v) is 15.8. The summed E-state index contributed by atoms with van der Waals surface area (Å²) in [6.45, 7) is 2.45. The Morgan fingerprint density at radius 1 is 1.24 bits per heavy atom. The number of carbonyl (C=O) groups excluding carboxylic acids is 2. The number of aromatic nitrogens is 2. The molecule has 8 heteroatoms. The molecule has 29 heavy (non-hydrogen) atoms. The zero-order chi connectivity index (χ0) is 20.4. The highest BCUT2D eigenvalue weighted by atomic mass is 16.5. The van der Waals surface area contributed by atoms with E-state index in [4.69, 9.17) is 14.9 Å². The predicted molar refractivity (Wildman–Crippen MR) is 107 cm³/mol. The van der Waals surface area contributed by atoms with Crippen LogP contribution in [-0.2, 0) is 11.3 Å². The molecule has 0 aliphatic heterocycles. The highest BCUT2D eigenvalue weighted by Crippen LogP contribution is 2.29. The quantitative estimate of drug-likeness (QED) is 0.522. The van der Waals surface area contributed by atoms with Crippen LogP contribution in [0.1, 0.15) is 29.1 Å². The number of primary amides is 1. The first-order valence-corrected chi connectivity index (χ1v) is 9.17. The molecule has 3 N–H and O–H groups in total. The van der Waals surface area contributed by atoms with Crippen molar-refractivity contribution in [3.05, 3.63) is 66.1 Å². The Morgan fingerprint density at radius 2 is 2.03 bits per heavy atom. The molecule has 4 aromatic rings. The topological polar surface area (TPSA) is 112 Å². The summed E-state index contributed by atoms with van der Waals surface area (Å²) in [5, 5.41) is 8.83. The van der Waals surface area contributed by atoms with E-state index in [1.807, 2.05) is 43.3 Å². The van der Waals surface area contributed by atoms with Gasteiger partial charge in [-0.2, -0.15) is 5.10 Å². The Balaban J connectivity index is 1.48. The Bertz CT molecular complexity index is 1180. The Morgan fingerprint density at radius 3 is 2.79 bits per heavy atom. The van der Waals surface area contributed by atoms with Crippen LogP contribution in [-0.4, -0.2) is 28.3 Å². The van der Waals surface area contributed by atoms with Crippen molar-refractivity contribution >= 4 is 33.9 Å². The van der Waals surface area contributed by atoms with E-state index in [1.54, 1.807) is 23.0 Å². The highest BCUT2D eigenvalue weighted by molar-refractivity contribution is 6.06. The summed E-state index contributed by atoms with van der Waals surface area (Å²) in [6.07, 6.45) is 1.23. The molecule has 2 aromatic heterocycles. The van der Waals surface area contributed by atoms with Gasteiger partial charge in [-0.15, -0.1) is 0 Å². The van der Waals surface area contributed by atoms with E-state index in [2.05, 4.69) is 10.4 Å². The van der Waals surface area contributed by atoms with Crippen LogP contribution in [0.25, 0.3) is 21.9 Å². The number of rotatable bonds is 6. The first-order valence-electron chi connectivity index (χ1n) is 9.17. The van der Waals surface area contributed by atoms with Gasteiger partial charge in [0.1, 0.15) is 12.2 Å². The normalized spacial score (nSPS) is 12.2. The number of nitrogens with one attached hydrogen (secondary N) is 1. The van der Waals surface area contributed by atoms with Gasteiger partial charge in [-0.25, -0.2) is 4.79 Å². The molecule has 0 aliphatic carbocycles. The number of carbonyl (C=O) groups is 2. The number of amides is 2. The molecule has 0 saturated heterocycles. The highest BCUT2D eigenvalue weighted by Gasteiger charge is 2.17. The minimum atomic E-state index is -0.628. The molecule has 2 heterocycles. The number of ether oxygens (including phenoxy) is 1. The first kappa shape index (κ1) is 18.5. The molecule has 0 spiro atoms. The van der Waals surface area contributed by atoms with Gasteiger partial charge >= 0.3 is 6.09 Å². The van der Waals surface area contributed by atoms with Crippen LogP contribution in [0.15, 0.2) is 59.1 Å². The largest absolute Gasteiger partial charge is 0.451 e. The predicted octanol–water partition coefficient (Wildman–Crippen LogP) is 3.37. The maximum absolute atomic E-state index is 12.0. The van der Waals surface area contributed by atoms with Gasteiger partial charge in [0, 0.05) is 17.3 Å². The smallest absolute Gasteiger partial charge is 0.407 e. The van der Waals surface area contributed by atoms with Crippen LogP contribution in [0.5, 0.6) is 0 Å². The Kier molecular flexibility index (Phi) is 4.90. The lowest BCUT2D eigenvalue weighted by Gasteiger charge is -2.15. The number of nitrogens with zero attached hydrogens (tertiary/aromatic N) is 2. The lowest BCUT2D eigenvalue weighted by molar-refractivity contribution is 0.0976. The van der Waals surface area contributed by atoms with Gasteiger partial charge in [0.25, 0.3) is 5.91 Å². The van der Waals surface area contributed by atoms with Gasteiger partial charge in [0.05, 0.1) is 17.8 Å². The van der Waals surface area contributed by atoms with Crippen LogP contribution in [0.2, 0.25) is 0 Å². The first-order chi connectivity index (χ1) is 14.0. The zero-order valence-electron chi connectivity index (χ0n) is 15.8. The maximum Gasteiger partial charge on any atom is 0.407 e. The van der Waals surface area contributed by atoms with Crippen LogP contribution >= 0.6 is 0 Å². The molecule has 8 nitrogen and oxygen atoms in total. The van der Waals surface area contributed by atoms with Crippen molar-refractivity contribution in [3.8, 4) is 0 Å². The van der Waals surface area contributed by atoms with E-state index in [0.29, 0.717) is 12.1 Å². The van der Waals surface area contributed by atoms with Crippen LogP contribution in [0.4, 0.5) is 4.79 Å². The minimum absolute atomic E-state index is 0.0931. The second-order valence-electron chi connectivity index (χ2n) is 6.77. The molecule has 0 radical (unpaired) electrons. The molecule has 0 unspecified atom stereocenters. The van der Waals surface area contributed by atoms with Gasteiger partial charge < -0.3 is 20.2 Å². The van der Waals surface area contributed by atoms with Crippen molar-refractivity contribution in [2.24, 2.45) is 5.73 Å². The van der Waals surface area contributed by atoms with E-state index in [9.17, 15) is 9.59 Å². The molecule has 0 fully saturated rings. The summed E-state index contributed by atoms with van der Waals surface area (Å²) in [6, 6.07) is 14.6. The summed E-state index contributed by atoms with van der Waals surface area (Å²) in [5.74, 6) is -0.535. The standard InChI is InChI=1S/C21H20N4O4/c1-13(10-23-21(27)28-12-14-5-3-2-4-6-14)25-19-15(11-24-25)7-8-17-16(19)9-18(29-17)20(22)26/h2-9,11,13H,10,12H2,1H3,(H2,22,26)(H,23,27)/t13-/m0/s1. The number of hydrogen-bond acceptors (Lipinski definition) is 5. The van der Waals surface area contributed by atoms with Gasteiger partial charge in [-0.05, 0) is 30.7 Å². The van der Waals surface area contributed by atoms with Crippen molar-refractivity contribution in [1.29, 1.82) is 0 Å². The van der Waals surface area contributed by atoms with Gasteiger partial charge in [0.2, 0.25) is 0 Å². The molecule has 2 amide bonds. The molecule has 2 aromatic carbocycles. The van der Waals surface area contributed by atoms with Crippen LogP contribution in [0.3, 0.4) is 0 Å². The summed E-state index contributed by atoms with van der Waals surface area (Å²) in [5.41, 5.74) is 7.61. The molecule has 1 atom stereocenters. The molecule has 4 rings (SSSR count). The average Bonchev–Trinajstić information content (AvgIpc) is 3.35. The van der Waals surface area contributed by atoms with Crippen LogP contribution < -0.4 is 11.1 Å². The summed E-state index contributed by atoms with van der Waals surface area (Å²) >= 11 is 0. The fourth-order valence-corrected chi connectivity index (χ4v) is 3.20. The summed E-state index contributed by atoms with van der Waals surface area (Å²) < 4.78 is 12.5. The van der Waals surface area contributed by atoms with Crippen molar-refractivity contribution < 1.29 is 18.7 Å². The third-order valence-electron chi connectivity index (χ3n) is 4.67. The number of nitrogens with two attached hydrogens (primary N) is 1. The number of furan rings is 1. The van der Waals surface area contributed by atoms with E-state index in [1.165, 1.54) is 0 Å². The van der Waals surface area contributed by atoms with E-state index >= 15 is 0 Å². The lowest BCUT2D eigenvalue weighted by atomic mass is 10.1. The second-order valence-corrected chi connectivity index (χ2v) is 6.77. The third kappa shape index (κ3) is 3.77. The monoisotopic (exact) mass is 392 g/mol. The Labute approximate surface area is 166 Å². The van der Waals surface area contributed by atoms with Crippen molar-refractivity contribution in [2.75, 3.05) is 6.54 Å². The lowest BCUT2D eigenvalue weighted by Crippen LogP contribution is -2.30. The van der Waals surface area contributed by atoms with Crippen molar-refractivity contribution in [2.45, 2.75) is 19.6 Å². The van der Waals surface area contributed by atoms with E-state index in [-0.39, 0.29) is 18.4 Å². The summed E-state index contributed by atoms with van der Waals surface area (Å²) in [7, 11) is 0. The van der Waals surface area contributed by atoms with E-state index in [0.717, 1.165) is 21.9 Å². The van der Waals surface area contributed by atoms with Gasteiger partial charge in [-0.3, -0.25) is 9.48 Å². The second kappa shape index (κ2) is 7.67. The fraction of sp³-hybridized carbons (Fsp3) is 0.190. The van der Waals surface area contributed by atoms with Crippen molar-refractivity contribution in [1.82, 2.24) is 15.1 Å². The fourth-order valence-electron chi connectivity index (χ4n) is 3.20. The van der Waals surface area contributed by atoms with Crippen LogP contribution in [0, 0.1) is 0 Å². The number of hydrogen-bond donors (Lipinski definition) is 2. The van der Waals surface area contributed by atoms with E-state index < -0.39 is 12.0 Å². The third-order valence-corrected chi connectivity index (χ3v) is 4.67. The van der Waals surface area contributed by atoms with Gasteiger partial charge in [-0.1, -0.05) is 30.3 Å². The molecular formula is C21H20N4O4.